The Morgan fingerprint density at radius 1 is 0.800 bits per heavy atom. The predicted octanol–water partition coefficient (Wildman–Crippen LogP) is 4.32. The number of hydrogen-bond donors (Lipinski definition) is 0. The summed E-state index contributed by atoms with van der Waals surface area (Å²) in [6.45, 7) is 6.33. The minimum atomic E-state index is 0. The number of likely N-dealkylation sites (tertiary alicyclic amines) is 2. The lowest BCUT2D eigenvalue weighted by Crippen LogP contribution is -2.39. The molecule has 2 aliphatic heterocycles. The van der Waals surface area contributed by atoms with Crippen molar-refractivity contribution in [2.75, 3.05) is 27.2 Å². The molecule has 0 saturated carbocycles. The molecular weight excluding hydrogens is 312 g/mol. The molecule has 2 saturated heterocycles. The van der Waals surface area contributed by atoms with Gasteiger partial charge in [0.1, 0.15) is 11.6 Å². The Kier molecular flexibility index (Phi) is 13.1. The molecule has 0 spiro atoms. The van der Waals surface area contributed by atoms with Crippen LogP contribution in [0.3, 0.4) is 0 Å². The van der Waals surface area contributed by atoms with Gasteiger partial charge in [-0.1, -0.05) is 47.0 Å². The van der Waals surface area contributed by atoms with E-state index in [-0.39, 0.29) is 7.43 Å². The van der Waals surface area contributed by atoms with Gasteiger partial charge in [0.25, 0.3) is 0 Å². The van der Waals surface area contributed by atoms with Crippen LogP contribution < -0.4 is 0 Å². The molecule has 0 radical (unpaired) electrons. The molecule has 0 N–H and O–H groups in total. The van der Waals surface area contributed by atoms with Crippen molar-refractivity contribution in [3.63, 3.8) is 0 Å². The van der Waals surface area contributed by atoms with Crippen LogP contribution in [0.15, 0.2) is 0 Å². The van der Waals surface area contributed by atoms with Crippen LogP contribution in [-0.2, 0) is 9.59 Å². The fourth-order valence-corrected chi connectivity index (χ4v) is 3.53. The number of ketones is 2. The highest BCUT2D eigenvalue weighted by molar-refractivity contribution is 5.80. The summed E-state index contributed by atoms with van der Waals surface area (Å²) in [7, 11) is 4.26. The molecule has 2 aliphatic rings. The van der Waals surface area contributed by atoms with E-state index in [1.54, 1.807) is 0 Å². The molecule has 25 heavy (non-hydrogen) atoms. The van der Waals surface area contributed by atoms with Gasteiger partial charge < -0.3 is 9.80 Å². The van der Waals surface area contributed by atoms with Gasteiger partial charge in [0.15, 0.2) is 0 Å². The van der Waals surface area contributed by atoms with E-state index in [1.807, 2.05) is 0 Å². The SMILES string of the molecule is C.CCCCC1CC(=O)CCN1C.CCCCC1CC(=O)CCN1C. The first kappa shape index (κ1) is 24.3. The maximum Gasteiger partial charge on any atom is 0.135 e. The van der Waals surface area contributed by atoms with Gasteiger partial charge in [0.2, 0.25) is 0 Å². The molecule has 0 amide bonds. The van der Waals surface area contributed by atoms with Gasteiger partial charge in [-0.05, 0) is 26.9 Å². The summed E-state index contributed by atoms with van der Waals surface area (Å²) in [6, 6.07) is 1.07. The quantitative estimate of drug-likeness (QED) is 0.712. The second-order valence-electron chi connectivity index (χ2n) is 7.54. The van der Waals surface area contributed by atoms with Crippen LogP contribution in [0.4, 0.5) is 0 Å². The Balaban J connectivity index is 0.000000443. The lowest BCUT2D eigenvalue weighted by atomic mass is 9.97. The van der Waals surface area contributed by atoms with Crippen LogP contribution in [0, 0.1) is 0 Å². The van der Waals surface area contributed by atoms with E-state index >= 15 is 0 Å². The zero-order valence-corrected chi connectivity index (χ0v) is 16.4. The third-order valence-electron chi connectivity index (χ3n) is 5.44. The first-order chi connectivity index (χ1) is 11.5. The highest BCUT2D eigenvalue weighted by atomic mass is 16.1. The average Bonchev–Trinajstić information content (AvgIpc) is 2.57. The molecule has 0 bridgehead atoms. The van der Waals surface area contributed by atoms with E-state index in [0.717, 1.165) is 38.8 Å². The molecule has 4 nitrogen and oxygen atoms in total. The summed E-state index contributed by atoms with van der Waals surface area (Å²) < 4.78 is 0. The lowest BCUT2D eigenvalue weighted by molar-refractivity contribution is -0.123. The summed E-state index contributed by atoms with van der Waals surface area (Å²) in [6.07, 6.45) is 10.5. The van der Waals surface area contributed by atoms with Gasteiger partial charge in [-0.25, -0.2) is 0 Å². The maximum atomic E-state index is 11.2. The fraction of sp³-hybridized carbons (Fsp3) is 0.905. The maximum absolute atomic E-state index is 11.2. The molecule has 2 unspecified atom stereocenters. The van der Waals surface area contributed by atoms with Crippen molar-refractivity contribution in [2.24, 2.45) is 0 Å². The smallest absolute Gasteiger partial charge is 0.135 e. The second-order valence-corrected chi connectivity index (χ2v) is 7.54. The Labute approximate surface area is 156 Å². The standard InChI is InChI=1S/2C10H19NO.CH4/c2*1-3-4-5-9-8-10(12)6-7-11(9)2;/h2*9H,3-8H2,1-2H3;1H4. The molecule has 4 heteroatoms. The topological polar surface area (TPSA) is 40.6 Å². The third-order valence-corrected chi connectivity index (χ3v) is 5.44. The van der Waals surface area contributed by atoms with Gasteiger partial charge in [-0.15, -0.1) is 0 Å². The normalized spacial score (nSPS) is 25.1. The summed E-state index contributed by atoms with van der Waals surface area (Å²) in [5, 5.41) is 0. The van der Waals surface area contributed by atoms with Crippen molar-refractivity contribution in [2.45, 2.75) is 97.6 Å². The zero-order chi connectivity index (χ0) is 17.9. The van der Waals surface area contributed by atoms with Crippen LogP contribution in [0.1, 0.15) is 85.5 Å². The van der Waals surface area contributed by atoms with Crippen LogP contribution in [0.25, 0.3) is 0 Å². The van der Waals surface area contributed by atoms with Crippen molar-refractivity contribution in [3.05, 3.63) is 0 Å². The van der Waals surface area contributed by atoms with Gasteiger partial charge >= 0.3 is 0 Å². The minimum absolute atomic E-state index is 0. The molecule has 0 aromatic heterocycles. The Morgan fingerprint density at radius 3 is 1.48 bits per heavy atom. The number of nitrogens with zero attached hydrogens (tertiary/aromatic N) is 2. The van der Waals surface area contributed by atoms with Crippen molar-refractivity contribution < 1.29 is 9.59 Å². The molecule has 2 fully saturated rings. The van der Waals surface area contributed by atoms with E-state index in [0.29, 0.717) is 23.7 Å². The van der Waals surface area contributed by atoms with Crippen molar-refractivity contribution in [1.82, 2.24) is 9.80 Å². The molecule has 0 aromatic rings. The molecule has 2 rings (SSSR count). The Hall–Kier alpha value is -0.740. The van der Waals surface area contributed by atoms with Crippen LogP contribution in [0.2, 0.25) is 0 Å². The van der Waals surface area contributed by atoms with Gasteiger partial charge in [-0.3, -0.25) is 9.59 Å². The van der Waals surface area contributed by atoms with Crippen LogP contribution in [0.5, 0.6) is 0 Å². The van der Waals surface area contributed by atoms with E-state index in [4.69, 9.17) is 0 Å². The Morgan fingerprint density at radius 2 is 1.16 bits per heavy atom. The highest BCUT2D eigenvalue weighted by Crippen LogP contribution is 2.18. The van der Waals surface area contributed by atoms with Gasteiger partial charge in [-0.2, -0.15) is 0 Å². The molecule has 2 heterocycles. The predicted molar refractivity (Wildman–Crippen MR) is 107 cm³/mol. The number of piperidine rings is 2. The van der Waals surface area contributed by atoms with E-state index < -0.39 is 0 Å². The number of hydrogen-bond acceptors (Lipinski definition) is 4. The average molecular weight is 355 g/mol. The number of rotatable bonds is 6. The Bertz CT molecular complexity index is 348. The van der Waals surface area contributed by atoms with Gasteiger partial charge in [0.05, 0.1) is 0 Å². The largest absolute Gasteiger partial charge is 0.303 e. The number of carbonyl (C=O) groups is 2. The summed E-state index contributed by atoms with van der Waals surface area (Å²) in [4.78, 5) is 27.0. The van der Waals surface area contributed by atoms with E-state index in [9.17, 15) is 9.59 Å². The fourth-order valence-electron chi connectivity index (χ4n) is 3.53. The van der Waals surface area contributed by atoms with Crippen molar-refractivity contribution in [3.8, 4) is 0 Å². The van der Waals surface area contributed by atoms with Crippen LogP contribution >= 0.6 is 0 Å². The molecule has 0 aliphatic carbocycles. The molecule has 2 atom stereocenters. The number of carbonyl (C=O) groups excluding carboxylic acids is 2. The number of Topliss-reactive ketones (excluding diaryl/α,β-unsaturated/α-hetero) is 2. The second kappa shape index (κ2) is 13.5. The van der Waals surface area contributed by atoms with Crippen molar-refractivity contribution >= 4 is 11.6 Å². The monoisotopic (exact) mass is 354 g/mol. The van der Waals surface area contributed by atoms with Crippen LogP contribution in [-0.4, -0.2) is 60.6 Å². The highest BCUT2D eigenvalue weighted by Gasteiger charge is 2.23. The summed E-state index contributed by atoms with van der Waals surface area (Å²) in [5.41, 5.74) is 0. The third kappa shape index (κ3) is 9.50. The van der Waals surface area contributed by atoms with Gasteiger partial charge in [0, 0.05) is 50.9 Å². The number of unbranched alkanes of at least 4 members (excludes halogenated alkanes) is 2. The minimum Gasteiger partial charge on any atom is -0.303 e. The summed E-state index contributed by atoms with van der Waals surface area (Å²) in [5.74, 6) is 0.906. The first-order valence-electron chi connectivity index (χ1n) is 9.91. The van der Waals surface area contributed by atoms with E-state index in [1.165, 1.54) is 38.5 Å². The zero-order valence-electron chi connectivity index (χ0n) is 16.4. The molecular formula is C21H42N2O2. The van der Waals surface area contributed by atoms with Crippen molar-refractivity contribution in [1.29, 1.82) is 0 Å². The summed E-state index contributed by atoms with van der Waals surface area (Å²) >= 11 is 0. The van der Waals surface area contributed by atoms with E-state index in [2.05, 4.69) is 37.7 Å². The molecule has 148 valence electrons. The molecule has 0 aromatic carbocycles. The first-order valence-corrected chi connectivity index (χ1v) is 9.91. The lowest BCUT2D eigenvalue weighted by Gasteiger charge is -2.31.